The third kappa shape index (κ3) is 4.87. The van der Waals surface area contributed by atoms with Crippen LogP contribution in [-0.4, -0.2) is 22.5 Å². The Bertz CT molecular complexity index is 788. The predicted molar refractivity (Wildman–Crippen MR) is 128 cm³/mol. The average Bonchev–Trinajstić information content (AvgIpc) is 2.70. The third-order valence-corrected chi connectivity index (χ3v) is 9.81. The molecule has 3 nitrogen and oxygen atoms in total. The molecule has 2 aromatic carbocycles. The van der Waals surface area contributed by atoms with E-state index in [1.54, 1.807) is 0 Å². The van der Waals surface area contributed by atoms with Crippen molar-refractivity contribution in [3.63, 3.8) is 0 Å². The molecule has 0 saturated heterocycles. The predicted octanol–water partition coefficient (Wildman–Crippen LogP) is 7.06. The minimum Gasteiger partial charge on any atom is -0.495 e. The van der Waals surface area contributed by atoms with E-state index in [1.807, 2.05) is 6.08 Å². The normalized spacial score (nSPS) is 20.5. The maximum absolute atomic E-state index is 10.2. The maximum atomic E-state index is 10.2. The topological polar surface area (TPSA) is 41.5 Å². The molecule has 2 unspecified atom stereocenters. The van der Waals surface area contributed by atoms with Crippen molar-refractivity contribution in [3.05, 3.63) is 72.6 Å². The average molecular weight is 428 g/mol. The van der Waals surface area contributed by atoms with Gasteiger partial charge in [0, 0.05) is 14.5 Å². The Morgan fingerprint density at radius 1 is 1.00 bits per heavy atom. The van der Waals surface area contributed by atoms with Crippen molar-refractivity contribution in [2.24, 2.45) is 11.8 Å². The molecule has 1 aliphatic rings. The summed E-state index contributed by atoms with van der Waals surface area (Å²) < 4.78 is 6.95. The van der Waals surface area contributed by atoms with E-state index in [0.717, 1.165) is 12.8 Å². The number of aliphatic hydroxyl groups excluding tert-OH is 1. The Hall–Kier alpha value is -1.91. The number of hydrogen-bond donors (Lipinski definition) is 2. The Morgan fingerprint density at radius 3 is 2.00 bits per heavy atom. The van der Waals surface area contributed by atoms with Crippen LogP contribution in [0, 0.1) is 11.8 Å². The molecule has 0 radical (unpaired) electrons. The van der Waals surface area contributed by atoms with Gasteiger partial charge in [-0.1, -0.05) is 60.6 Å². The van der Waals surface area contributed by atoms with Crippen LogP contribution in [0.25, 0.3) is 0 Å². The van der Waals surface area contributed by atoms with Crippen molar-refractivity contribution < 1.29 is 9.29 Å². The SMILES string of the molecule is CC(C)CC1CC=C(O)NC1COS(c1ccccc1)(c1ccccc1)C(C)(C)C. The Morgan fingerprint density at radius 2 is 1.53 bits per heavy atom. The van der Waals surface area contributed by atoms with Gasteiger partial charge in [0.1, 0.15) is 0 Å². The molecule has 2 atom stereocenters. The van der Waals surface area contributed by atoms with E-state index >= 15 is 0 Å². The smallest absolute Gasteiger partial charge is 0.180 e. The largest absolute Gasteiger partial charge is 0.495 e. The van der Waals surface area contributed by atoms with Gasteiger partial charge in [-0.05, 0) is 75.8 Å². The number of nitrogens with one attached hydrogen (secondary N) is 1. The molecule has 3 rings (SSSR count). The quantitative estimate of drug-likeness (QED) is 0.497. The lowest BCUT2D eigenvalue weighted by Crippen LogP contribution is -2.43. The van der Waals surface area contributed by atoms with Crippen LogP contribution in [0.15, 0.2) is 82.4 Å². The van der Waals surface area contributed by atoms with Gasteiger partial charge in [0.05, 0.1) is 12.6 Å². The molecule has 0 fully saturated rings. The first-order valence-electron chi connectivity index (χ1n) is 11.0. The van der Waals surface area contributed by atoms with E-state index in [4.69, 9.17) is 4.18 Å². The molecular weight excluding hydrogens is 390 g/mol. The molecule has 0 aliphatic carbocycles. The lowest BCUT2D eigenvalue weighted by Gasteiger charge is -2.51. The fourth-order valence-corrected chi connectivity index (χ4v) is 8.14. The molecule has 0 spiro atoms. The second-order valence-electron chi connectivity index (χ2n) is 9.54. The first-order chi connectivity index (χ1) is 14.2. The number of allylic oxidation sites excluding steroid dienone is 1. The summed E-state index contributed by atoms with van der Waals surface area (Å²) in [5.74, 6) is 1.33. The zero-order chi connectivity index (χ0) is 21.8. The van der Waals surface area contributed by atoms with Crippen LogP contribution in [0.3, 0.4) is 0 Å². The number of aliphatic hydroxyl groups is 1. The van der Waals surface area contributed by atoms with E-state index in [2.05, 4.69) is 101 Å². The van der Waals surface area contributed by atoms with Crippen LogP contribution in [0.1, 0.15) is 47.5 Å². The van der Waals surface area contributed by atoms with Crippen molar-refractivity contribution in [3.8, 4) is 0 Å². The highest BCUT2D eigenvalue weighted by Gasteiger charge is 2.42. The molecule has 1 heterocycles. The number of rotatable bonds is 7. The molecule has 30 heavy (non-hydrogen) atoms. The van der Waals surface area contributed by atoms with E-state index < -0.39 is 10.3 Å². The fourth-order valence-electron chi connectivity index (χ4n) is 4.39. The summed E-state index contributed by atoms with van der Waals surface area (Å²) in [6, 6.07) is 21.4. The minimum absolute atomic E-state index is 0.0963. The van der Waals surface area contributed by atoms with Crippen LogP contribution < -0.4 is 5.32 Å². The van der Waals surface area contributed by atoms with E-state index in [0.29, 0.717) is 18.4 Å². The Kier molecular flexibility index (Phi) is 7.20. The zero-order valence-electron chi connectivity index (χ0n) is 19.0. The van der Waals surface area contributed by atoms with Crippen LogP contribution in [0.5, 0.6) is 0 Å². The van der Waals surface area contributed by atoms with E-state index in [-0.39, 0.29) is 16.7 Å². The molecule has 2 aromatic rings. The summed E-state index contributed by atoms with van der Waals surface area (Å²) >= 11 is 0. The third-order valence-electron chi connectivity index (χ3n) is 5.73. The molecular formula is C26H37NO2S. The van der Waals surface area contributed by atoms with Gasteiger partial charge in [0.25, 0.3) is 0 Å². The first-order valence-corrected chi connectivity index (χ1v) is 12.5. The maximum Gasteiger partial charge on any atom is 0.180 e. The van der Waals surface area contributed by atoms with Gasteiger partial charge >= 0.3 is 0 Å². The van der Waals surface area contributed by atoms with Crippen molar-refractivity contribution in [1.82, 2.24) is 5.32 Å². The summed E-state index contributed by atoms with van der Waals surface area (Å²) in [6.45, 7) is 11.9. The summed E-state index contributed by atoms with van der Waals surface area (Å²) in [4.78, 5) is 2.47. The molecule has 164 valence electrons. The van der Waals surface area contributed by atoms with Crippen LogP contribution in [0.2, 0.25) is 0 Å². The summed E-state index contributed by atoms with van der Waals surface area (Å²) in [6.07, 6.45) is 3.90. The van der Waals surface area contributed by atoms with Crippen molar-refractivity contribution in [2.45, 2.75) is 68.0 Å². The van der Waals surface area contributed by atoms with Gasteiger partial charge < -0.3 is 14.6 Å². The zero-order valence-corrected chi connectivity index (χ0v) is 19.8. The Labute approximate surface area is 184 Å². The van der Waals surface area contributed by atoms with Gasteiger partial charge in [-0.15, -0.1) is 0 Å². The molecule has 0 bridgehead atoms. The van der Waals surface area contributed by atoms with E-state index in [1.165, 1.54) is 9.79 Å². The monoisotopic (exact) mass is 427 g/mol. The minimum atomic E-state index is -1.78. The molecule has 0 amide bonds. The fraction of sp³-hybridized carbons (Fsp3) is 0.462. The highest BCUT2D eigenvalue weighted by Crippen LogP contribution is 2.71. The van der Waals surface area contributed by atoms with Crippen molar-refractivity contribution >= 4 is 10.3 Å². The highest BCUT2D eigenvalue weighted by atomic mass is 32.3. The van der Waals surface area contributed by atoms with Crippen molar-refractivity contribution in [2.75, 3.05) is 6.61 Å². The lowest BCUT2D eigenvalue weighted by molar-refractivity contribution is 0.183. The number of benzene rings is 2. The molecule has 1 aliphatic heterocycles. The second-order valence-corrected chi connectivity index (χ2v) is 13.1. The van der Waals surface area contributed by atoms with Crippen LogP contribution >= 0.6 is 10.3 Å². The van der Waals surface area contributed by atoms with Gasteiger partial charge in [-0.2, -0.15) is 0 Å². The highest BCUT2D eigenvalue weighted by molar-refractivity contribution is 8.31. The van der Waals surface area contributed by atoms with Gasteiger partial charge in [-0.25, -0.2) is 0 Å². The second kappa shape index (κ2) is 9.49. The van der Waals surface area contributed by atoms with Crippen molar-refractivity contribution in [1.29, 1.82) is 0 Å². The molecule has 0 aromatic heterocycles. The molecule has 0 saturated carbocycles. The first kappa shape index (κ1) is 22.8. The van der Waals surface area contributed by atoms with Crippen LogP contribution in [0.4, 0.5) is 0 Å². The van der Waals surface area contributed by atoms with E-state index in [9.17, 15) is 5.11 Å². The van der Waals surface area contributed by atoms with Crippen LogP contribution in [-0.2, 0) is 4.18 Å². The summed E-state index contributed by atoms with van der Waals surface area (Å²) in [7, 11) is -1.78. The summed E-state index contributed by atoms with van der Waals surface area (Å²) in [5, 5.41) is 13.5. The standard InChI is InChI=1S/C26H37NO2S/c1-20(2)18-21-16-17-25(28)27-24(21)19-29-30(26(3,4)5,22-12-8-6-9-13-22)23-14-10-7-11-15-23/h6-15,17,20-21,24,27-28H,16,18-19H2,1-5H3. The molecule has 4 heteroatoms. The molecule has 2 N–H and O–H groups in total. The van der Waals surface area contributed by atoms with Gasteiger partial charge in [0.2, 0.25) is 0 Å². The Balaban J connectivity index is 2.00. The van der Waals surface area contributed by atoms with Gasteiger partial charge in [0.15, 0.2) is 5.88 Å². The lowest BCUT2D eigenvalue weighted by atomic mass is 9.86. The van der Waals surface area contributed by atoms with Gasteiger partial charge in [-0.3, -0.25) is 0 Å². The number of hydrogen-bond acceptors (Lipinski definition) is 3. The summed E-state index contributed by atoms with van der Waals surface area (Å²) in [5.41, 5.74) is 0.